The van der Waals surface area contributed by atoms with Crippen LogP contribution in [0.25, 0.3) is 17.1 Å². The van der Waals surface area contributed by atoms with Crippen LogP contribution in [0.1, 0.15) is 54.7 Å². The van der Waals surface area contributed by atoms with Crippen molar-refractivity contribution in [3.63, 3.8) is 0 Å². The number of aromatic hydroxyl groups is 1. The first-order chi connectivity index (χ1) is 16.1. The quantitative estimate of drug-likeness (QED) is 0.298. The summed E-state index contributed by atoms with van der Waals surface area (Å²) < 4.78 is 1.63. The second-order valence-electron chi connectivity index (χ2n) is 8.90. The fourth-order valence-electron chi connectivity index (χ4n) is 5.04. The molecule has 2 fully saturated rings. The first-order valence-electron chi connectivity index (χ1n) is 11.5. The number of rotatable bonds is 6. The zero-order chi connectivity index (χ0) is 22.9. The Morgan fingerprint density at radius 3 is 2.36 bits per heavy atom. The maximum atomic E-state index is 11.8. The maximum absolute atomic E-state index is 11.8. The van der Waals surface area contributed by atoms with Crippen molar-refractivity contribution >= 4 is 23.4 Å². The van der Waals surface area contributed by atoms with Crippen molar-refractivity contribution < 1.29 is 9.90 Å². The number of nitrogen functional groups attached to an aromatic ring is 1. The van der Waals surface area contributed by atoms with Gasteiger partial charge < -0.3 is 21.1 Å². The van der Waals surface area contributed by atoms with Crippen molar-refractivity contribution in [2.45, 2.75) is 38.5 Å². The Hall–Kier alpha value is -3.68. The number of phenols is 1. The van der Waals surface area contributed by atoms with Gasteiger partial charge in [-0.05, 0) is 56.0 Å². The lowest BCUT2D eigenvalue weighted by molar-refractivity contribution is 0.111. The number of anilines is 2. The number of nitrogens with zero attached hydrogens (tertiary/aromatic N) is 4. The minimum absolute atomic E-state index is 0.0599. The van der Waals surface area contributed by atoms with Crippen LogP contribution in [0.15, 0.2) is 36.4 Å². The molecule has 5 rings (SSSR count). The highest BCUT2D eigenvalue weighted by atomic mass is 16.3. The molecule has 1 aromatic heterocycles. The minimum atomic E-state index is -0.0599. The van der Waals surface area contributed by atoms with Crippen LogP contribution in [0.3, 0.4) is 0 Å². The van der Waals surface area contributed by atoms with Crippen molar-refractivity contribution in [1.29, 1.82) is 5.41 Å². The lowest BCUT2D eigenvalue weighted by Crippen LogP contribution is -2.17. The van der Waals surface area contributed by atoms with Crippen molar-refractivity contribution in [3.05, 3.63) is 47.8 Å². The molecule has 0 amide bonds. The molecule has 8 nitrogen and oxygen atoms in total. The summed E-state index contributed by atoms with van der Waals surface area (Å²) in [6, 6.07) is 11.1. The molecule has 0 radical (unpaired) electrons. The third-order valence-corrected chi connectivity index (χ3v) is 6.83. The number of aldehydes is 1. The summed E-state index contributed by atoms with van der Waals surface area (Å²) in [6.07, 6.45) is 7.22. The molecule has 33 heavy (non-hydrogen) atoms. The zero-order valence-electron chi connectivity index (χ0n) is 18.5. The van der Waals surface area contributed by atoms with Crippen molar-refractivity contribution in [3.8, 4) is 22.8 Å². The molecule has 0 spiro atoms. The number of phenolic OH excluding ortho intramolecular Hbond substituents is 1. The summed E-state index contributed by atoms with van der Waals surface area (Å²) >= 11 is 0. The molecule has 170 valence electrons. The smallest absolute Gasteiger partial charge is 0.201 e. The fourth-order valence-corrected chi connectivity index (χ4v) is 5.04. The van der Waals surface area contributed by atoms with Gasteiger partial charge in [-0.15, -0.1) is 10.2 Å². The summed E-state index contributed by atoms with van der Waals surface area (Å²) in [7, 11) is 0. The van der Waals surface area contributed by atoms with E-state index in [4.69, 9.17) is 11.1 Å². The third kappa shape index (κ3) is 3.86. The second-order valence-corrected chi connectivity index (χ2v) is 8.90. The van der Waals surface area contributed by atoms with E-state index in [0.29, 0.717) is 34.6 Å². The molecule has 1 saturated heterocycles. The van der Waals surface area contributed by atoms with Crippen LogP contribution < -0.4 is 10.6 Å². The molecule has 0 atom stereocenters. The summed E-state index contributed by atoms with van der Waals surface area (Å²) in [6.45, 7) is 2.09. The topological polar surface area (TPSA) is 121 Å². The predicted octanol–water partition coefficient (Wildman–Crippen LogP) is 4.19. The molecule has 8 heteroatoms. The fraction of sp³-hybridized carbons (Fsp3) is 0.360. The number of nitrogens with two attached hydrogens (primary N) is 1. The molecule has 4 N–H and O–H groups in total. The monoisotopic (exact) mass is 444 g/mol. The third-order valence-electron chi connectivity index (χ3n) is 6.83. The van der Waals surface area contributed by atoms with Crippen LogP contribution in [-0.2, 0) is 0 Å². The van der Waals surface area contributed by atoms with Crippen molar-refractivity contribution in [1.82, 2.24) is 14.8 Å². The van der Waals surface area contributed by atoms with E-state index in [2.05, 4.69) is 15.1 Å². The van der Waals surface area contributed by atoms with Gasteiger partial charge in [0, 0.05) is 53.4 Å². The summed E-state index contributed by atoms with van der Waals surface area (Å²) in [5, 5.41) is 27.7. The van der Waals surface area contributed by atoms with Gasteiger partial charge in [0.1, 0.15) is 5.75 Å². The standard InChI is InChI=1S/C25H28N6O2/c26-21-14-22(33)20(13-19(21)24(27)16-5-1-2-6-16)25-29-28-23(15-32)31(25)18-9-7-17(8-10-18)30-11-3-4-12-30/h7-10,13-16,27,33H,1-6,11-12,26H2. The van der Waals surface area contributed by atoms with Crippen molar-refractivity contribution in [2.75, 3.05) is 23.7 Å². The SMILES string of the molecule is N=C(c1cc(-c2nnc(C=O)n2-c2ccc(N3CCCC3)cc2)c(O)cc1N)C1CCCC1. The van der Waals surface area contributed by atoms with Crippen LogP contribution >= 0.6 is 0 Å². The largest absolute Gasteiger partial charge is 0.507 e. The highest BCUT2D eigenvalue weighted by Crippen LogP contribution is 2.37. The Kier molecular flexibility index (Phi) is 5.58. The Balaban J connectivity index is 1.56. The van der Waals surface area contributed by atoms with E-state index in [1.54, 1.807) is 10.6 Å². The molecule has 1 saturated carbocycles. The van der Waals surface area contributed by atoms with Gasteiger partial charge in [-0.25, -0.2) is 0 Å². The second kappa shape index (κ2) is 8.69. The number of hydrogen-bond acceptors (Lipinski definition) is 7. The van der Waals surface area contributed by atoms with Gasteiger partial charge in [0.15, 0.2) is 12.1 Å². The van der Waals surface area contributed by atoms with Gasteiger partial charge in [-0.3, -0.25) is 9.36 Å². The molecule has 2 aliphatic rings. The van der Waals surface area contributed by atoms with Crippen molar-refractivity contribution in [2.24, 2.45) is 5.92 Å². The number of aromatic nitrogens is 3. The molecule has 0 bridgehead atoms. The van der Waals surface area contributed by atoms with E-state index < -0.39 is 0 Å². The number of carbonyl (C=O) groups is 1. The van der Waals surface area contributed by atoms with Crippen LogP contribution in [0.2, 0.25) is 0 Å². The molecule has 0 unspecified atom stereocenters. The van der Waals surface area contributed by atoms with Gasteiger partial charge in [-0.1, -0.05) is 12.8 Å². The van der Waals surface area contributed by atoms with Crippen LogP contribution in [0.5, 0.6) is 5.75 Å². The first kappa shape index (κ1) is 21.2. The summed E-state index contributed by atoms with van der Waals surface area (Å²) in [4.78, 5) is 14.1. The molecule has 1 aliphatic heterocycles. The lowest BCUT2D eigenvalue weighted by atomic mass is 9.92. The van der Waals surface area contributed by atoms with E-state index in [1.807, 2.05) is 24.3 Å². The predicted molar refractivity (Wildman–Crippen MR) is 128 cm³/mol. The van der Waals surface area contributed by atoms with Gasteiger partial charge in [0.25, 0.3) is 0 Å². The zero-order valence-corrected chi connectivity index (χ0v) is 18.5. The number of benzene rings is 2. The molecule has 2 aromatic carbocycles. The van der Waals surface area contributed by atoms with E-state index in [-0.39, 0.29) is 17.5 Å². The summed E-state index contributed by atoms with van der Waals surface area (Å²) in [5.41, 5.74) is 9.90. The highest BCUT2D eigenvalue weighted by molar-refractivity contribution is 6.05. The molecule has 1 aliphatic carbocycles. The van der Waals surface area contributed by atoms with Crippen LogP contribution in [0.4, 0.5) is 11.4 Å². The maximum Gasteiger partial charge on any atom is 0.201 e. The molecule has 2 heterocycles. The molecule has 3 aromatic rings. The number of carbonyl (C=O) groups excluding carboxylic acids is 1. The highest BCUT2D eigenvalue weighted by Gasteiger charge is 2.25. The minimum Gasteiger partial charge on any atom is -0.507 e. The van der Waals surface area contributed by atoms with Crippen LogP contribution in [-0.4, -0.2) is 45.0 Å². The lowest BCUT2D eigenvalue weighted by Gasteiger charge is -2.18. The van der Waals surface area contributed by atoms with Crippen LogP contribution in [0, 0.1) is 11.3 Å². The Labute approximate surface area is 192 Å². The molecular weight excluding hydrogens is 416 g/mol. The van der Waals surface area contributed by atoms with E-state index in [0.717, 1.165) is 50.1 Å². The normalized spacial score (nSPS) is 16.4. The Bertz CT molecular complexity index is 1190. The van der Waals surface area contributed by atoms with Gasteiger partial charge in [0.05, 0.1) is 5.56 Å². The number of nitrogens with one attached hydrogen (secondary N) is 1. The van der Waals surface area contributed by atoms with E-state index >= 15 is 0 Å². The average molecular weight is 445 g/mol. The Morgan fingerprint density at radius 1 is 1.03 bits per heavy atom. The van der Waals surface area contributed by atoms with Gasteiger partial charge >= 0.3 is 0 Å². The molecular formula is C25H28N6O2. The Morgan fingerprint density at radius 2 is 1.70 bits per heavy atom. The van der Waals surface area contributed by atoms with Gasteiger partial charge in [-0.2, -0.15) is 0 Å². The number of hydrogen-bond donors (Lipinski definition) is 3. The first-order valence-corrected chi connectivity index (χ1v) is 11.5. The van der Waals surface area contributed by atoms with E-state index in [9.17, 15) is 9.90 Å². The van der Waals surface area contributed by atoms with E-state index in [1.165, 1.54) is 18.9 Å². The average Bonchev–Trinajstić information content (AvgIpc) is 3.61. The van der Waals surface area contributed by atoms with Gasteiger partial charge in [0.2, 0.25) is 5.82 Å². The summed E-state index contributed by atoms with van der Waals surface area (Å²) in [5.74, 6) is 0.591.